The minimum Gasteiger partial charge on any atom is -0.346 e. The molecule has 4 rings (SSSR count). The second-order valence-corrected chi connectivity index (χ2v) is 7.35. The van der Waals surface area contributed by atoms with E-state index in [4.69, 9.17) is 0 Å². The molecular weight excluding hydrogens is 392 g/mol. The summed E-state index contributed by atoms with van der Waals surface area (Å²) in [6.07, 6.45) is 2.93. The average Bonchev–Trinajstić information content (AvgIpc) is 2.75. The van der Waals surface area contributed by atoms with E-state index in [1.807, 2.05) is 24.3 Å². The van der Waals surface area contributed by atoms with Crippen molar-refractivity contribution < 1.29 is 4.79 Å². The molecule has 2 aromatic heterocycles. The maximum absolute atomic E-state index is 12.3. The minimum atomic E-state index is -0.324. The highest BCUT2D eigenvalue weighted by atomic mass is 16.2. The summed E-state index contributed by atoms with van der Waals surface area (Å²) < 4.78 is 0. The summed E-state index contributed by atoms with van der Waals surface area (Å²) in [5.41, 5.74) is 3.54. The summed E-state index contributed by atoms with van der Waals surface area (Å²) in [6.45, 7) is 4.21. The number of hydrogen-bond acceptors (Lipinski definition) is 5. The lowest BCUT2D eigenvalue weighted by molar-refractivity contribution is 0.262. The first-order chi connectivity index (χ1) is 15.0. The fraction of sp³-hybridized carbons (Fsp3) is 0.130. The Labute approximate surface area is 178 Å². The second-order valence-electron chi connectivity index (χ2n) is 7.35. The van der Waals surface area contributed by atoms with E-state index >= 15 is 0 Å². The number of pyridine rings is 1. The number of aromatic nitrogens is 3. The first-order valence-corrected chi connectivity index (χ1v) is 9.87. The number of rotatable bonds is 5. The molecule has 156 valence electrons. The smallest absolute Gasteiger partial charge is 0.323 e. The van der Waals surface area contributed by atoms with Crippen LogP contribution in [0.1, 0.15) is 25.3 Å². The van der Waals surface area contributed by atoms with E-state index < -0.39 is 0 Å². The molecule has 0 fully saturated rings. The summed E-state index contributed by atoms with van der Waals surface area (Å²) in [5.74, 6) is 0.794. The van der Waals surface area contributed by atoms with E-state index in [0.29, 0.717) is 28.5 Å². The molecular formula is C23H22N6O2. The average molecular weight is 414 g/mol. The van der Waals surface area contributed by atoms with Crippen molar-refractivity contribution in [2.24, 2.45) is 0 Å². The molecule has 0 spiro atoms. The lowest BCUT2D eigenvalue weighted by atomic mass is 10.0. The van der Waals surface area contributed by atoms with Crippen LogP contribution < -0.4 is 21.4 Å². The molecule has 2 amide bonds. The van der Waals surface area contributed by atoms with Gasteiger partial charge in [0.1, 0.15) is 23.2 Å². The molecule has 0 radical (unpaired) electrons. The van der Waals surface area contributed by atoms with Gasteiger partial charge in [-0.1, -0.05) is 26.0 Å². The molecule has 0 aliphatic rings. The standard InChI is InChI=1S/C23H22N6O2/c1-14(2)15-4-3-5-18(12-15)29-23(31)28-17-8-6-16(7-9-17)27-22-20-19(30)10-11-24-21(20)25-13-26-22/h3-14H,1-2H3,(H2,28,29,31)(H2,24,25,26,27,30). The Hall–Kier alpha value is -4.20. The van der Waals surface area contributed by atoms with Gasteiger partial charge in [-0.2, -0.15) is 0 Å². The number of H-pyrrole nitrogens is 1. The van der Waals surface area contributed by atoms with Gasteiger partial charge in [0.05, 0.1) is 0 Å². The molecule has 0 unspecified atom stereocenters. The summed E-state index contributed by atoms with van der Waals surface area (Å²) in [6, 6.07) is 16.0. The van der Waals surface area contributed by atoms with Crippen LogP contribution in [0.2, 0.25) is 0 Å². The summed E-state index contributed by atoms with van der Waals surface area (Å²) >= 11 is 0. The van der Waals surface area contributed by atoms with Crippen molar-refractivity contribution >= 4 is 39.9 Å². The van der Waals surface area contributed by atoms with Crippen LogP contribution in [0.15, 0.2) is 71.9 Å². The van der Waals surface area contributed by atoms with Gasteiger partial charge in [-0.25, -0.2) is 14.8 Å². The van der Waals surface area contributed by atoms with Crippen molar-refractivity contribution in [3.05, 3.63) is 82.9 Å². The zero-order valence-corrected chi connectivity index (χ0v) is 17.1. The molecule has 2 heterocycles. The van der Waals surface area contributed by atoms with Crippen molar-refractivity contribution in [3.63, 3.8) is 0 Å². The molecule has 8 nitrogen and oxygen atoms in total. The van der Waals surface area contributed by atoms with Gasteiger partial charge in [-0.05, 0) is 47.9 Å². The fourth-order valence-electron chi connectivity index (χ4n) is 3.15. The molecule has 0 bridgehead atoms. The number of hydrogen-bond donors (Lipinski definition) is 4. The number of carbonyl (C=O) groups excluding carboxylic acids is 1. The molecule has 0 saturated carbocycles. The van der Waals surface area contributed by atoms with Gasteiger partial charge in [-0.3, -0.25) is 4.79 Å². The Morgan fingerprint density at radius 3 is 2.45 bits per heavy atom. The lowest BCUT2D eigenvalue weighted by Crippen LogP contribution is -2.19. The third-order valence-electron chi connectivity index (χ3n) is 4.77. The van der Waals surface area contributed by atoms with Gasteiger partial charge in [0.2, 0.25) is 0 Å². The number of nitrogens with zero attached hydrogens (tertiary/aromatic N) is 2. The van der Waals surface area contributed by atoms with Crippen LogP contribution >= 0.6 is 0 Å². The third-order valence-corrected chi connectivity index (χ3v) is 4.77. The highest BCUT2D eigenvalue weighted by Gasteiger charge is 2.09. The first-order valence-electron chi connectivity index (χ1n) is 9.87. The van der Waals surface area contributed by atoms with Crippen LogP contribution in [0.4, 0.5) is 27.7 Å². The number of fused-ring (bicyclic) bond motifs is 1. The van der Waals surface area contributed by atoms with E-state index in [-0.39, 0.29) is 11.5 Å². The van der Waals surface area contributed by atoms with E-state index in [9.17, 15) is 9.59 Å². The second kappa shape index (κ2) is 8.66. The Bertz CT molecular complexity index is 1280. The Morgan fingerprint density at radius 1 is 0.935 bits per heavy atom. The van der Waals surface area contributed by atoms with Crippen LogP contribution in [0, 0.1) is 0 Å². The minimum absolute atomic E-state index is 0.173. The SMILES string of the molecule is CC(C)c1cccc(NC(=O)Nc2ccc(Nc3ncnc4[nH]ccc(=O)c34)cc2)c1. The van der Waals surface area contributed by atoms with Gasteiger partial charge in [0, 0.05) is 29.3 Å². The van der Waals surface area contributed by atoms with Crippen LogP contribution in [-0.4, -0.2) is 21.0 Å². The molecule has 0 aliphatic carbocycles. The lowest BCUT2D eigenvalue weighted by Gasteiger charge is -2.11. The van der Waals surface area contributed by atoms with Crippen molar-refractivity contribution in [2.75, 3.05) is 16.0 Å². The summed E-state index contributed by atoms with van der Waals surface area (Å²) in [4.78, 5) is 35.7. The molecule has 0 atom stereocenters. The van der Waals surface area contributed by atoms with Crippen LogP contribution in [-0.2, 0) is 0 Å². The number of urea groups is 1. The zero-order valence-electron chi connectivity index (χ0n) is 17.1. The van der Waals surface area contributed by atoms with E-state index in [1.165, 1.54) is 12.4 Å². The summed E-state index contributed by atoms with van der Waals surface area (Å²) in [7, 11) is 0. The van der Waals surface area contributed by atoms with Crippen molar-refractivity contribution in [1.29, 1.82) is 0 Å². The number of benzene rings is 2. The molecule has 8 heteroatoms. The predicted octanol–water partition coefficient (Wildman–Crippen LogP) is 4.83. The third kappa shape index (κ3) is 4.69. The highest BCUT2D eigenvalue weighted by molar-refractivity contribution is 6.00. The van der Waals surface area contributed by atoms with Gasteiger partial charge in [0.15, 0.2) is 5.43 Å². The molecule has 4 aromatic rings. The monoisotopic (exact) mass is 414 g/mol. The summed E-state index contributed by atoms with van der Waals surface area (Å²) in [5, 5.41) is 9.17. The largest absolute Gasteiger partial charge is 0.346 e. The van der Waals surface area contributed by atoms with E-state index in [0.717, 1.165) is 16.9 Å². The van der Waals surface area contributed by atoms with E-state index in [1.54, 1.807) is 30.5 Å². The van der Waals surface area contributed by atoms with Crippen LogP contribution in [0.3, 0.4) is 0 Å². The fourth-order valence-corrected chi connectivity index (χ4v) is 3.15. The highest BCUT2D eigenvalue weighted by Crippen LogP contribution is 2.22. The zero-order chi connectivity index (χ0) is 21.8. The number of aromatic amines is 1. The van der Waals surface area contributed by atoms with Gasteiger partial charge in [0.25, 0.3) is 0 Å². The molecule has 2 aromatic carbocycles. The Kier molecular flexibility index (Phi) is 5.61. The van der Waals surface area contributed by atoms with E-state index in [2.05, 4.69) is 44.7 Å². The molecule has 31 heavy (non-hydrogen) atoms. The molecule has 4 N–H and O–H groups in total. The van der Waals surface area contributed by atoms with Gasteiger partial charge < -0.3 is 20.9 Å². The van der Waals surface area contributed by atoms with Crippen molar-refractivity contribution in [1.82, 2.24) is 15.0 Å². The Morgan fingerprint density at radius 2 is 1.68 bits per heavy atom. The number of amides is 2. The van der Waals surface area contributed by atoms with Crippen molar-refractivity contribution in [2.45, 2.75) is 19.8 Å². The number of anilines is 4. The topological polar surface area (TPSA) is 112 Å². The quantitative estimate of drug-likeness (QED) is 0.374. The first kappa shape index (κ1) is 20.1. The molecule has 0 aliphatic heterocycles. The van der Waals surface area contributed by atoms with Crippen LogP contribution in [0.25, 0.3) is 11.0 Å². The maximum atomic E-state index is 12.3. The normalized spacial score (nSPS) is 10.8. The van der Waals surface area contributed by atoms with Gasteiger partial charge in [-0.15, -0.1) is 0 Å². The van der Waals surface area contributed by atoms with Gasteiger partial charge >= 0.3 is 6.03 Å². The van der Waals surface area contributed by atoms with Crippen molar-refractivity contribution in [3.8, 4) is 0 Å². The van der Waals surface area contributed by atoms with Crippen LogP contribution in [0.5, 0.6) is 0 Å². The Balaban J connectivity index is 1.44. The number of nitrogens with one attached hydrogen (secondary N) is 4. The maximum Gasteiger partial charge on any atom is 0.323 e. The number of carbonyl (C=O) groups is 1. The predicted molar refractivity (Wildman–Crippen MR) is 123 cm³/mol. The molecule has 0 saturated heterocycles.